The predicted molar refractivity (Wildman–Crippen MR) is 118 cm³/mol. The van der Waals surface area contributed by atoms with Gasteiger partial charge in [-0.3, -0.25) is 9.50 Å². The lowest BCUT2D eigenvalue weighted by Crippen LogP contribution is -2.68. The molecule has 3 aromatic rings. The fourth-order valence-electron chi connectivity index (χ4n) is 5.15. The number of hydrogen-bond acceptors (Lipinski definition) is 8. The smallest absolute Gasteiger partial charge is 0.421 e. The number of nitrogens with one attached hydrogen (secondary N) is 3. The van der Waals surface area contributed by atoms with Crippen molar-refractivity contribution in [1.82, 2.24) is 29.9 Å². The molecule has 4 fully saturated rings. The van der Waals surface area contributed by atoms with Crippen molar-refractivity contribution < 1.29 is 36.6 Å². The summed E-state index contributed by atoms with van der Waals surface area (Å²) in [5, 5.41) is 12.3. The van der Waals surface area contributed by atoms with Gasteiger partial charge in [0.05, 0.1) is 24.6 Å². The zero-order valence-corrected chi connectivity index (χ0v) is 19.5. The van der Waals surface area contributed by atoms with Gasteiger partial charge in [-0.25, -0.2) is 19.2 Å². The van der Waals surface area contributed by atoms with Gasteiger partial charge in [0.15, 0.2) is 23.7 Å². The molecule has 7 rings (SSSR count). The van der Waals surface area contributed by atoms with Crippen LogP contribution in [0.3, 0.4) is 0 Å². The highest BCUT2D eigenvalue weighted by Crippen LogP contribution is 2.57. The van der Waals surface area contributed by atoms with Crippen molar-refractivity contribution in [3.8, 4) is 0 Å². The van der Waals surface area contributed by atoms with Crippen LogP contribution in [0.2, 0.25) is 0 Å². The van der Waals surface area contributed by atoms with Gasteiger partial charge >= 0.3 is 12.3 Å². The van der Waals surface area contributed by atoms with Crippen molar-refractivity contribution in [1.29, 1.82) is 0 Å². The summed E-state index contributed by atoms with van der Waals surface area (Å²) >= 11 is 0. The van der Waals surface area contributed by atoms with Crippen LogP contribution in [0.1, 0.15) is 42.3 Å². The molecule has 1 saturated heterocycles. The number of aromatic amines is 1. The lowest BCUT2D eigenvalue weighted by molar-refractivity contribution is -0.136. The minimum absolute atomic E-state index is 0.00460. The number of methoxy groups -OCH3 is 1. The summed E-state index contributed by atoms with van der Waals surface area (Å²) in [6.07, 6.45) is -4.28. The Hall–Kier alpha value is -3.46. The number of amides is 1. The summed E-state index contributed by atoms with van der Waals surface area (Å²) in [4.78, 5) is 20.1. The van der Waals surface area contributed by atoms with E-state index in [0.29, 0.717) is 12.1 Å². The average Bonchev–Trinajstić information content (AvgIpc) is 3.49. The maximum atomic E-state index is 15.1. The number of carbonyl (C=O) groups is 1. The molecule has 1 amide bonds. The first-order valence-corrected chi connectivity index (χ1v) is 11.6. The molecule has 0 aromatic carbocycles. The van der Waals surface area contributed by atoms with Crippen LogP contribution in [0.25, 0.3) is 5.65 Å². The van der Waals surface area contributed by atoms with Gasteiger partial charge in [-0.05, 0) is 25.2 Å². The quantitative estimate of drug-likeness (QED) is 0.401. The van der Waals surface area contributed by atoms with E-state index in [0.717, 1.165) is 23.7 Å². The van der Waals surface area contributed by atoms with Gasteiger partial charge in [-0.2, -0.15) is 18.3 Å². The van der Waals surface area contributed by atoms with Gasteiger partial charge in [0.2, 0.25) is 5.95 Å². The first-order valence-electron chi connectivity index (χ1n) is 11.6. The Kier molecular flexibility index (Phi) is 5.52. The Morgan fingerprint density at radius 1 is 1.35 bits per heavy atom. The number of rotatable bonds is 7. The minimum Gasteiger partial charge on any atom is -0.441 e. The van der Waals surface area contributed by atoms with E-state index in [1.165, 1.54) is 19.4 Å². The summed E-state index contributed by atoms with van der Waals surface area (Å²) in [5.74, 6) is 0.838. The highest BCUT2D eigenvalue weighted by molar-refractivity contribution is 5.69. The monoisotopic (exact) mass is 525 g/mol. The van der Waals surface area contributed by atoms with Crippen molar-refractivity contribution in [3.05, 3.63) is 35.4 Å². The largest absolute Gasteiger partial charge is 0.441 e. The number of anilines is 2. The van der Waals surface area contributed by atoms with Crippen molar-refractivity contribution in [2.75, 3.05) is 19.0 Å². The first kappa shape index (κ1) is 23.9. The van der Waals surface area contributed by atoms with Crippen LogP contribution in [0.15, 0.2) is 18.5 Å². The number of alkyl carbamates (subject to hydrolysis) is 1. The average molecular weight is 525 g/mol. The molecule has 0 unspecified atom stereocenters. The Labute approximate surface area is 206 Å². The van der Waals surface area contributed by atoms with Crippen molar-refractivity contribution in [2.45, 2.75) is 56.0 Å². The van der Waals surface area contributed by atoms with Gasteiger partial charge < -0.3 is 24.8 Å². The molecule has 1 aliphatic heterocycles. The molecule has 37 heavy (non-hydrogen) atoms. The molecular weight excluding hydrogens is 502 g/mol. The Morgan fingerprint density at radius 2 is 2.14 bits per heavy atom. The number of imidazole rings is 1. The van der Waals surface area contributed by atoms with Crippen molar-refractivity contribution in [2.24, 2.45) is 5.92 Å². The number of fused-ring (bicyclic) bond motifs is 1. The van der Waals surface area contributed by atoms with Crippen LogP contribution in [0, 0.1) is 5.92 Å². The first-order chi connectivity index (χ1) is 17.6. The number of H-pyrrole nitrogens is 1. The van der Waals surface area contributed by atoms with Gasteiger partial charge in [-0.1, -0.05) is 0 Å². The molecule has 4 heterocycles. The lowest BCUT2D eigenvalue weighted by Gasteiger charge is -2.61. The maximum Gasteiger partial charge on any atom is 0.421 e. The molecule has 3 aliphatic carbocycles. The van der Waals surface area contributed by atoms with E-state index in [9.17, 15) is 18.0 Å². The van der Waals surface area contributed by atoms with E-state index in [-0.39, 0.29) is 47.6 Å². The van der Waals surface area contributed by atoms with Crippen molar-refractivity contribution in [3.63, 3.8) is 0 Å². The van der Waals surface area contributed by atoms with Gasteiger partial charge in [0.25, 0.3) is 0 Å². The number of carbonyl (C=O) groups excluding carboxylic acids is 1. The van der Waals surface area contributed by atoms with Crippen LogP contribution in [-0.4, -0.2) is 62.2 Å². The number of halogens is 4. The molecule has 15 heteroatoms. The van der Waals surface area contributed by atoms with Crippen LogP contribution < -0.4 is 10.6 Å². The molecule has 3 saturated carbocycles. The summed E-state index contributed by atoms with van der Waals surface area (Å²) in [6.45, 7) is -0.125. The highest BCUT2D eigenvalue weighted by Gasteiger charge is 2.58. The molecule has 3 N–H and O–H groups in total. The van der Waals surface area contributed by atoms with Gasteiger partial charge in [0.1, 0.15) is 11.7 Å². The van der Waals surface area contributed by atoms with E-state index >= 15 is 4.39 Å². The Balaban J connectivity index is 1.15. The third-order valence-electron chi connectivity index (χ3n) is 7.03. The zero-order valence-electron chi connectivity index (χ0n) is 19.5. The second kappa shape index (κ2) is 8.55. The Morgan fingerprint density at radius 3 is 2.81 bits per heavy atom. The second-order valence-corrected chi connectivity index (χ2v) is 9.71. The summed E-state index contributed by atoms with van der Waals surface area (Å²) in [6, 6.07) is 1.44. The molecule has 198 valence electrons. The molecule has 11 nitrogen and oxygen atoms in total. The van der Waals surface area contributed by atoms with Gasteiger partial charge in [0, 0.05) is 31.1 Å². The number of nitrogens with zero attached hydrogens (tertiary/aromatic N) is 4. The number of ether oxygens (including phenoxy) is 3. The lowest BCUT2D eigenvalue weighted by atomic mass is 9.50. The molecule has 0 radical (unpaired) electrons. The fraction of sp³-hybridized carbons (Fsp3) is 0.545. The number of aromatic nitrogens is 5. The highest BCUT2D eigenvalue weighted by atomic mass is 19.4. The minimum atomic E-state index is -4.66. The van der Waals surface area contributed by atoms with E-state index in [1.54, 1.807) is 0 Å². The van der Waals surface area contributed by atoms with E-state index in [2.05, 4.69) is 30.8 Å². The SMILES string of the molecule is COCc1cn2c(Nc3cc([C@H]4OC[C@@H](OC(=O)NC56CC(C5)C6)[C@H]4F)[nH]n3)ncc(C(F)(F)F)c2n1. The van der Waals surface area contributed by atoms with E-state index in [4.69, 9.17) is 14.2 Å². The van der Waals surface area contributed by atoms with Crippen LogP contribution in [-0.2, 0) is 27.0 Å². The summed E-state index contributed by atoms with van der Waals surface area (Å²) in [7, 11) is 1.40. The standard InChI is InChI=1S/C22H23F4N7O4/c1-35-8-11-7-33-18(28-11)12(22(24,25)26)6-27-19(33)29-15-2-13(31-32-15)17-16(23)14(9-36-17)37-20(34)30-21-3-10(4-21)5-21/h2,6-7,10,14,16-17H,3-5,8-9H2,1H3,(H,30,34)(H2,27,29,31,32)/t10?,14-,16-,17-,21?/m1/s1. The van der Waals surface area contributed by atoms with Crippen molar-refractivity contribution >= 4 is 23.5 Å². The number of hydrogen-bond donors (Lipinski definition) is 3. The molecule has 3 aromatic heterocycles. The van der Waals surface area contributed by atoms with Crippen LogP contribution in [0.4, 0.5) is 34.1 Å². The third kappa shape index (κ3) is 4.25. The molecular formula is C22H23F4N7O4. The zero-order chi connectivity index (χ0) is 25.9. The Bertz CT molecular complexity index is 1330. The topological polar surface area (TPSA) is 128 Å². The molecule has 2 bridgehead atoms. The van der Waals surface area contributed by atoms with E-state index < -0.39 is 36.2 Å². The predicted octanol–water partition coefficient (Wildman–Crippen LogP) is 3.42. The molecule has 4 aliphatic rings. The normalized spacial score (nSPS) is 28.6. The maximum absolute atomic E-state index is 15.1. The van der Waals surface area contributed by atoms with Crippen LogP contribution >= 0.6 is 0 Å². The second-order valence-electron chi connectivity index (χ2n) is 9.71. The van der Waals surface area contributed by atoms with Crippen LogP contribution in [0.5, 0.6) is 0 Å². The third-order valence-corrected chi connectivity index (χ3v) is 7.03. The summed E-state index contributed by atoms with van der Waals surface area (Å²) in [5.41, 5.74) is -1.02. The summed E-state index contributed by atoms with van der Waals surface area (Å²) < 4.78 is 72.3. The molecule has 0 spiro atoms. The number of alkyl halides is 4. The molecule has 3 atom stereocenters. The fourth-order valence-corrected chi connectivity index (χ4v) is 5.15. The van der Waals surface area contributed by atoms with Gasteiger partial charge in [-0.15, -0.1) is 0 Å². The van der Waals surface area contributed by atoms with E-state index in [1.807, 2.05) is 0 Å².